The van der Waals surface area contributed by atoms with Gasteiger partial charge in [-0.25, -0.2) is 0 Å². The Morgan fingerprint density at radius 1 is 0.870 bits per heavy atom. The number of piperidine rings is 4. The molecule has 5 saturated heterocycles. The normalized spacial score (nSPS) is 55.8. The number of nitrogens with one attached hydrogen (secondary N) is 1. The minimum absolute atomic E-state index is 0.596. The highest BCUT2D eigenvalue weighted by Crippen LogP contribution is 2.59. The van der Waals surface area contributed by atoms with E-state index in [4.69, 9.17) is 0 Å². The Kier molecular flexibility index (Phi) is 3.04. The van der Waals surface area contributed by atoms with Gasteiger partial charge in [0.15, 0.2) is 0 Å². The molecule has 3 heteroatoms. The second-order valence-electron chi connectivity index (χ2n) is 9.72. The maximum absolute atomic E-state index is 4.15. The van der Waals surface area contributed by atoms with Gasteiger partial charge >= 0.3 is 0 Å². The molecule has 0 aromatic heterocycles. The second kappa shape index (κ2) is 4.95. The van der Waals surface area contributed by atoms with Gasteiger partial charge < -0.3 is 0 Å². The van der Waals surface area contributed by atoms with E-state index >= 15 is 0 Å². The molecule has 6 rings (SSSR count). The summed E-state index contributed by atoms with van der Waals surface area (Å²) in [5, 5.41) is 4.15. The number of hydrogen-bond acceptors (Lipinski definition) is 3. The van der Waals surface area contributed by atoms with Crippen molar-refractivity contribution in [1.29, 1.82) is 0 Å². The molecule has 5 heterocycles. The summed E-state index contributed by atoms with van der Waals surface area (Å²) in [7, 11) is 0. The Morgan fingerprint density at radius 3 is 2.87 bits per heavy atom. The van der Waals surface area contributed by atoms with E-state index in [0.717, 1.165) is 36.1 Å². The third-order valence-electron chi connectivity index (χ3n) is 8.80. The SMILES string of the molecule is C1CCN2C[C@]34C[C@H](CC5CCCN(C6CCCC3N6)C54)C2C1. The van der Waals surface area contributed by atoms with Gasteiger partial charge in [0.25, 0.3) is 0 Å². The minimum Gasteiger partial charge on any atom is -0.299 e. The summed E-state index contributed by atoms with van der Waals surface area (Å²) in [5.74, 6) is 2.04. The highest BCUT2D eigenvalue weighted by atomic mass is 15.4. The zero-order chi connectivity index (χ0) is 15.0. The van der Waals surface area contributed by atoms with Gasteiger partial charge in [-0.05, 0) is 82.7 Å². The topological polar surface area (TPSA) is 18.5 Å². The Balaban J connectivity index is 1.44. The molecular formula is C20H33N3. The van der Waals surface area contributed by atoms with E-state index in [-0.39, 0.29) is 0 Å². The molecule has 1 N–H and O–H groups in total. The van der Waals surface area contributed by atoms with Crippen LogP contribution in [0.3, 0.4) is 0 Å². The van der Waals surface area contributed by atoms with E-state index in [2.05, 4.69) is 15.1 Å². The van der Waals surface area contributed by atoms with E-state index in [9.17, 15) is 0 Å². The van der Waals surface area contributed by atoms with Crippen LogP contribution in [0.5, 0.6) is 0 Å². The van der Waals surface area contributed by atoms with Gasteiger partial charge in [0.1, 0.15) is 0 Å². The molecule has 1 aliphatic carbocycles. The first-order valence-corrected chi connectivity index (χ1v) is 10.6. The summed E-state index contributed by atoms with van der Waals surface area (Å²) >= 11 is 0. The molecule has 6 aliphatic rings. The molecule has 0 radical (unpaired) electrons. The van der Waals surface area contributed by atoms with Crippen molar-refractivity contribution in [3.63, 3.8) is 0 Å². The zero-order valence-corrected chi connectivity index (χ0v) is 14.6. The fourth-order valence-electron chi connectivity index (χ4n) is 8.25. The van der Waals surface area contributed by atoms with E-state index in [1.807, 2.05) is 0 Å². The molecule has 7 atom stereocenters. The van der Waals surface area contributed by atoms with Crippen LogP contribution in [0.1, 0.15) is 64.2 Å². The van der Waals surface area contributed by atoms with Crippen LogP contribution in [0.4, 0.5) is 0 Å². The van der Waals surface area contributed by atoms with Crippen LogP contribution in [0.2, 0.25) is 0 Å². The highest BCUT2D eigenvalue weighted by molar-refractivity contribution is 5.18. The standard InChI is InChI=1S/C20H33N3/c1-2-9-22-13-20-12-15(16(22)6-1)11-14-5-4-10-23(19(14)20)18-8-3-7-17(20)21-18/h14-19,21H,1-13H2/t14?,15-,16?,17?,18?,19?,20+/m0/s1. The summed E-state index contributed by atoms with van der Waals surface area (Å²) in [6, 6.07) is 2.70. The molecule has 1 spiro atoms. The summed E-state index contributed by atoms with van der Waals surface area (Å²) in [6.45, 7) is 4.20. The fourth-order valence-corrected chi connectivity index (χ4v) is 8.25. The van der Waals surface area contributed by atoms with Gasteiger partial charge in [-0.2, -0.15) is 0 Å². The Labute approximate surface area is 141 Å². The maximum atomic E-state index is 4.15. The molecule has 1 saturated carbocycles. The molecule has 0 amide bonds. The number of fused-ring (bicyclic) bond motifs is 6. The van der Waals surface area contributed by atoms with Crippen LogP contribution in [-0.2, 0) is 0 Å². The van der Waals surface area contributed by atoms with Crippen molar-refractivity contribution in [3.05, 3.63) is 0 Å². The molecule has 0 aromatic carbocycles. The van der Waals surface area contributed by atoms with Crippen molar-refractivity contribution in [2.45, 2.75) is 88.5 Å². The Morgan fingerprint density at radius 2 is 1.87 bits per heavy atom. The predicted molar refractivity (Wildman–Crippen MR) is 92.1 cm³/mol. The van der Waals surface area contributed by atoms with E-state index in [0.29, 0.717) is 5.41 Å². The van der Waals surface area contributed by atoms with Crippen LogP contribution >= 0.6 is 0 Å². The second-order valence-corrected chi connectivity index (χ2v) is 9.72. The maximum Gasteiger partial charge on any atom is 0.0602 e. The zero-order valence-electron chi connectivity index (χ0n) is 14.6. The Hall–Kier alpha value is -0.120. The Bertz CT molecular complexity index is 493. The molecule has 6 fully saturated rings. The summed E-state index contributed by atoms with van der Waals surface area (Å²) in [4.78, 5) is 5.95. The largest absolute Gasteiger partial charge is 0.299 e. The van der Waals surface area contributed by atoms with Gasteiger partial charge in [-0.15, -0.1) is 0 Å². The minimum atomic E-state index is 0.596. The lowest BCUT2D eigenvalue weighted by molar-refractivity contribution is -0.198. The van der Waals surface area contributed by atoms with E-state index < -0.39 is 0 Å². The molecule has 5 unspecified atom stereocenters. The van der Waals surface area contributed by atoms with Crippen molar-refractivity contribution in [1.82, 2.24) is 15.1 Å². The summed E-state index contributed by atoms with van der Waals surface area (Å²) < 4.78 is 0. The molecule has 5 aliphatic heterocycles. The predicted octanol–water partition coefficient (Wildman–Crippen LogP) is 2.81. The summed E-state index contributed by atoms with van der Waals surface area (Å²) in [5.41, 5.74) is 0.596. The lowest BCUT2D eigenvalue weighted by Crippen LogP contribution is -2.80. The fraction of sp³-hybridized carbons (Fsp3) is 1.00. The van der Waals surface area contributed by atoms with Crippen LogP contribution < -0.4 is 5.32 Å². The molecule has 23 heavy (non-hydrogen) atoms. The van der Waals surface area contributed by atoms with Crippen molar-refractivity contribution >= 4 is 0 Å². The highest BCUT2D eigenvalue weighted by Gasteiger charge is 2.63. The summed E-state index contributed by atoms with van der Waals surface area (Å²) in [6.07, 6.45) is 15.6. The number of hydrogen-bond donors (Lipinski definition) is 1. The first-order valence-electron chi connectivity index (χ1n) is 10.6. The van der Waals surface area contributed by atoms with Gasteiger partial charge in [0, 0.05) is 30.1 Å². The van der Waals surface area contributed by atoms with Crippen molar-refractivity contribution in [3.8, 4) is 0 Å². The monoisotopic (exact) mass is 315 g/mol. The van der Waals surface area contributed by atoms with Crippen molar-refractivity contribution in [2.75, 3.05) is 19.6 Å². The van der Waals surface area contributed by atoms with Gasteiger partial charge in [-0.3, -0.25) is 15.1 Å². The molecule has 4 bridgehead atoms. The van der Waals surface area contributed by atoms with Gasteiger partial charge in [0.2, 0.25) is 0 Å². The number of nitrogens with zero attached hydrogens (tertiary/aromatic N) is 2. The first-order chi connectivity index (χ1) is 11.4. The van der Waals surface area contributed by atoms with Crippen LogP contribution in [0.25, 0.3) is 0 Å². The average Bonchev–Trinajstić information content (AvgIpc) is 2.60. The van der Waals surface area contributed by atoms with Crippen LogP contribution in [0.15, 0.2) is 0 Å². The van der Waals surface area contributed by atoms with Gasteiger partial charge in [-0.1, -0.05) is 6.42 Å². The molecule has 0 aromatic rings. The quantitative estimate of drug-likeness (QED) is 0.741. The van der Waals surface area contributed by atoms with E-state index in [1.54, 1.807) is 12.8 Å². The van der Waals surface area contributed by atoms with Crippen molar-refractivity contribution < 1.29 is 0 Å². The van der Waals surface area contributed by atoms with Crippen LogP contribution in [0, 0.1) is 17.3 Å². The molecule has 128 valence electrons. The first kappa shape index (κ1) is 14.1. The van der Waals surface area contributed by atoms with Crippen LogP contribution in [-0.4, -0.2) is 53.7 Å². The average molecular weight is 316 g/mol. The van der Waals surface area contributed by atoms with Gasteiger partial charge in [0.05, 0.1) is 6.17 Å². The van der Waals surface area contributed by atoms with Crippen molar-refractivity contribution in [2.24, 2.45) is 17.3 Å². The molecule has 3 nitrogen and oxygen atoms in total. The third kappa shape index (κ3) is 1.82. The molecular weight excluding hydrogens is 282 g/mol. The van der Waals surface area contributed by atoms with E-state index in [1.165, 1.54) is 71.0 Å². The third-order valence-corrected chi connectivity index (χ3v) is 8.80. The smallest absolute Gasteiger partial charge is 0.0602 e. The lowest BCUT2D eigenvalue weighted by Gasteiger charge is -2.70. The lowest BCUT2D eigenvalue weighted by atomic mass is 9.50. The number of rotatable bonds is 0.